The molecule has 1 amide bonds. The highest BCUT2D eigenvalue weighted by Gasteiger charge is 2.06. The number of carbonyl (C=O) groups is 1. The summed E-state index contributed by atoms with van der Waals surface area (Å²) in [5, 5.41) is 2.76. The van der Waals surface area contributed by atoms with Crippen LogP contribution < -0.4 is 15.8 Å². The number of hydrogen-bond donors (Lipinski definition) is 2. The number of benzene rings is 2. The average Bonchev–Trinajstić information content (AvgIpc) is 2.40. The van der Waals surface area contributed by atoms with Crippen LogP contribution in [0.15, 0.2) is 46.9 Å². The van der Waals surface area contributed by atoms with Crippen LogP contribution in [0, 0.1) is 6.92 Å². The van der Waals surface area contributed by atoms with Crippen LogP contribution in [0.1, 0.15) is 5.56 Å². The predicted molar refractivity (Wildman–Crippen MR) is 83.9 cm³/mol. The van der Waals surface area contributed by atoms with Crippen LogP contribution >= 0.6 is 15.9 Å². The molecule has 2 rings (SSSR count). The van der Waals surface area contributed by atoms with E-state index < -0.39 is 0 Å². The van der Waals surface area contributed by atoms with Crippen molar-refractivity contribution in [2.45, 2.75) is 6.92 Å². The summed E-state index contributed by atoms with van der Waals surface area (Å²) in [5.74, 6) is 0.267. The molecule has 0 aliphatic carbocycles. The van der Waals surface area contributed by atoms with Crippen molar-refractivity contribution in [3.63, 3.8) is 0 Å². The van der Waals surface area contributed by atoms with Crippen molar-refractivity contribution < 1.29 is 9.53 Å². The van der Waals surface area contributed by atoms with Gasteiger partial charge in [-0.05, 0) is 37.3 Å². The van der Waals surface area contributed by atoms with Gasteiger partial charge in [0.1, 0.15) is 5.75 Å². The number of nitrogens with two attached hydrogens (primary N) is 1. The first-order chi connectivity index (χ1) is 9.54. The first kappa shape index (κ1) is 14.4. The van der Waals surface area contributed by atoms with Gasteiger partial charge in [-0.3, -0.25) is 4.79 Å². The number of amides is 1. The third kappa shape index (κ3) is 3.99. The Morgan fingerprint density at radius 3 is 2.60 bits per heavy atom. The van der Waals surface area contributed by atoms with Crippen LogP contribution in [0.4, 0.5) is 11.4 Å². The first-order valence-corrected chi connectivity index (χ1v) is 6.88. The number of anilines is 2. The van der Waals surface area contributed by atoms with E-state index in [2.05, 4.69) is 21.2 Å². The molecule has 0 aliphatic heterocycles. The Morgan fingerprint density at radius 2 is 1.95 bits per heavy atom. The molecule has 0 fully saturated rings. The molecule has 20 heavy (non-hydrogen) atoms. The van der Waals surface area contributed by atoms with Gasteiger partial charge in [-0.1, -0.05) is 33.6 Å². The maximum Gasteiger partial charge on any atom is 0.262 e. The van der Waals surface area contributed by atoms with E-state index >= 15 is 0 Å². The van der Waals surface area contributed by atoms with Crippen molar-refractivity contribution >= 4 is 33.2 Å². The quantitative estimate of drug-likeness (QED) is 0.842. The number of carbonyl (C=O) groups excluding carboxylic acids is 1. The van der Waals surface area contributed by atoms with E-state index in [4.69, 9.17) is 10.5 Å². The van der Waals surface area contributed by atoms with Gasteiger partial charge in [0.2, 0.25) is 0 Å². The summed E-state index contributed by atoms with van der Waals surface area (Å²) in [6.45, 7) is 1.91. The lowest BCUT2D eigenvalue weighted by molar-refractivity contribution is -0.118. The zero-order valence-electron chi connectivity index (χ0n) is 11.0. The lowest BCUT2D eigenvalue weighted by Gasteiger charge is -2.09. The smallest absolute Gasteiger partial charge is 0.262 e. The van der Waals surface area contributed by atoms with E-state index in [1.807, 2.05) is 37.3 Å². The maximum absolute atomic E-state index is 11.8. The molecule has 0 spiro atoms. The van der Waals surface area contributed by atoms with E-state index in [0.717, 1.165) is 15.7 Å². The van der Waals surface area contributed by atoms with Crippen LogP contribution in [0.2, 0.25) is 0 Å². The first-order valence-electron chi connectivity index (χ1n) is 6.09. The number of ether oxygens (including phenoxy) is 1. The van der Waals surface area contributed by atoms with Gasteiger partial charge in [-0.2, -0.15) is 0 Å². The second-order valence-corrected chi connectivity index (χ2v) is 5.30. The summed E-state index contributed by atoms with van der Waals surface area (Å²) in [6.07, 6.45) is 0. The summed E-state index contributed by atoms with van der Waals surface area (Å²) < 4.78 is 6.26. The third-order valence-electron chi connectivity index (χ3n) is 2.67. The van der Waals surface area contributed by atoms with Gasteiger partial charge in [-0.15, -0.1) is 0 Å². The van der Waals surface area contributed by atoms with E-state index in [0.29, 0.717) is 11.4 Å². The van der Waals surface area contributed by atoms with Crippen LogP contribution in [-0.4, -0.2) is 12.5 Å². The van der Waals surface area contributed by atoms with Gasteiger partial charge in [0.25, 0.3) is 5.91 Å². The van der Waals surface area contributed by atoms with Crippen molar-refractivity contribution in [2.24, 2.45) is 0 Å². The molecule has 2 aromatic carbocycles. The Morgan fingerprint density at radius 1 is 1.25 bits per heavy atom. The van der Waals surface area contributed by atoms with Crippen molar-refractivity contribution in [1.29, 1.82) is 0 Å². The molecule has 0 aliphatic rings. The summed E-state index contributed by atoms with van der Waals surface area (Å²) in [7, 11) is 0. The molecular weight excluding hydrogens is 320 g/mol. The lowest BCUT2D eigenvalue weighted by Crippen LogP contribution is -2.20. The third-order valence-corrected chi connectivity index (χ3v) is 3.16. The molecule has 0 saturated heterocycles. The maximum atomic E-state index is 11.8. The van der Waals surface area contributed by atoms with E-state index in [1.54, 1.807) is 12.1 Å². The van der Waals surface area contributed by atoms with Gasteiger partial charge in [0.05, 0.1) is 5.69 Å². The van der Waals surface area contributed by atoms with E-state index in [1.165, 1.54) is 0 Å². The number of aryl methyl sites for hydroxylation is 1. The number of nitrogen functional groups attached to an aromatic ring is 1. The molecule has 0 aromatic heterocycles. The summed E-state index contributed by atoms with van der Waals surface area (Å²) in [4.78, 5) is 11.8. The molecule has 0 radical (unpaired) electrons. The van der Waals surface area contributed by atoms with Gasteiger partial charge >= 0.3 is 0 Å². The topological polar surface area (TPSA) is 64.3 Å². The monoisotopic (exact) mass is 334 g/mol. The zero-order valence-corrected chi connectivity index (χ0v) is 12.6. The highest BCUT2D eigenvalue weighted by Crippen LogP contribution is 2.25. The summed E-state index contributed by atoms with van der Waals surface area (Å²) >= 11 is 3.31. The average molecular weight is 335 g/mol. The molecule has 4 nitrogen and oxygen atoms in total. The normalized spacial score (nSPS) is 10.1. The van der Waals surface area contributed by atoms with Gasteiger partial charge in [0.15, 0.2) is 6.61 Å². The molecular formula is C15H15BrN2O2. The van der Waals surface area contributed by atoms with E-state index in [-0.39, 0.29) is 12.5 Å². The molecule has 5 heteroatoms. The standard InChI is InChI=1S/C15H15BrN2O2/c1-10-2-5-12(6-3-10)18-15(19)9-20-14-7-4-11(16)8-13(14)17/h2-8H,9,17H2,1H3,(H,18,19). The van der Waals surface area contributed by atoms with Gasteiger partial charge in [0, 0.05) is 10.2 Å². The minimum atomic E-state index is -0.226. The summed E-state index contributed by atoms with van der Waals surface area (Å²) in [5.41, 5.74) is 8.16. The van der Waals surface area contributed by atoms with Crippen LogP contribution in [0.5, 0.6) is 5.75 Å². The molecule has 3 N–H and O–H groups in total. The second kappa shape index (κ2) is 6.43. The van der Waals surface area contributed by atoms with Crippen molar-refractivity contribution in [3.8, 4) is 5.75 Å². The zero-order chi connectivity index (χ0) is 14.5. The summed E-state index contributed by atoms with van der Waals surface area (Å²) in [6, 6.07) is 12.8. The molecule has 0 saturated carbocycles. The second-order valence-electron chi connectivity index (χ2n) is 4.39. The molecule has 104 valence electrons. The Hall–Kier alpha value is -2.01. The SMILES string of the molecule is Cc1ccc(NC(=O)COc2ccc(Br)cc2N)cc1. The fraction of sp³-hybridized carbons (Fsp3) is 0.133. The van der Waals surface area contributed by atoms with Crippen LogP contribution in [0.3, 0.4) is 0 Å². The lowest BCUT2D eigenvalue weighted by atomic mass is 10.2. The number of hydrogen-bond acceptors (Lipinski definition) is 3. The van der Waals surface area contributed by atoms with Crippen LogP contribution in [-0.2, 0) is 4.79 Å². The number of rotatable bonds is 4. The Kier molecular flexibility index (Phi) is 4.63. The number of nitrogens with one attached hydrogen (secondary N) is 1. The minimum absolute atomic E-state index is 0.0836. The highest BCUT2D eigenvalue weighted by atomic mass is 79.9. The molecule has 0 atom stereocenters. The Bertz CT molecular complexity index is 612. The molecule has 0 bridgehead atoms. The Labute approximate surface area is 126 Å². The van der Waals surface area contributed by atoms with Crippen molar-refractivity contribution in [1.82, 2.24) is 0 Å². The fourth-order valence-corrected chi connectivity index (χ4v) is 2.01. The highest BCUT2D eigenvalue weighted by molar-refractivity contribution is 9.10. The molecule has 0 unspecified atom stereocenters. The minimum Gasteiger partial charge on any atom is -0.482 e. The molecule has 2 aromatic rings. The van der Waals surface area contributed by atoms with Crippen molar-refractivity contribution in [2.75, 3.05) is 17.7 Å². The van der Waals surface area contributed by atoms with E-state index in [9.17, 15) is 4.79 Å². The molecule has 0 heterocycles. The van der Waals surface area contributed by atoms with Crippen molar-refractivity contribution in [3.05, 3.63) is 52.5 Å². The predicted octanol–water partition coefficient (Wildman–Crippen LogP) is 3.36. The van der Waals surface area contributed by atoms with Gasteiger partial charge in [-0.25, -0.2) is 0 Å². The fourth-order valence-electron chi connectivity index (χ4n) is 1.63. The Balaban J connectivity index is 1.90. The largest absolute Gasteiger partial charge is 0.482 e. The van der Waals surface area contributed by atoms with Crippen LogP contribution in [0.25, 0.3) is 0 Å². The van der Waals surface area contributed by atoms with Gasteiger partial charge < -0.3 is 15.8 Å². The number of halogens is 1.